The van der Waals surface area contributed by atoms with Crippen molar-refractivity contribution in [1.82, 2.24) is 0 Å². The summed E-state index contributed by atoms with van der Waals surface area (Å²) >= 11 is 12.3. The van der Waals surface area contributed by atoms with Crippen LogP contribution in [-0.2, 0) is 19.2 Å². The summed E-state index contributed by atoms with van der Waals surface area (Å²) in [6, 6.07) is 10.6. The Morgan fingerprint density at radius 2 is 1.71 bits per heavy atom. The highest BCUT2D eigenvalue weighted by molar-refractivity contribution is 7.93. The van der Waals surface area contributed by atoms with Gasteiger partial charge in [0.25, 0.3) is 15.9 Å². The van der Waals surface area contributed by atoms with Crippen LogP contribution in [0.4, 0.5) is 5.69 Å². The van der Waals surface area contributed by atoms with Crippen LogP contribution in [-0.4, -0.2) is 21.4 Å². The van der Waals surface area contributed by atoms with Crippen molar-refractivity contribution in [3.8, 4) is 5.75 Å². The highest BCUT2D eigenvalue weighted by atomic mass is 35.5. The van der Waals surface area contributed by atoms with E-state index in [4.69, 9.17) is 27.9 Å². The molecule has 24 heavy (non-hydrogen) atoms. The number of ether oxygens (including phenoxy) is 1. The first-order valence-corrected chi connectivity index (χ1v) is 9.12. The summed E-state index contributed by atoms with van der Waals surface area (Å²) in [6.45, 7) is 1.83. The van der Waals surface area contributed by atoms with Crippen molar-refractivity contribution in [2.75, 3.05) is 11.4 Å². The zero-order valence-electron chi connectivity index (χ0n) is 12.8. The largest absolute Gasteiger partial charge is 0.497 e. The molecular weight excluding hydrogens is 373 g/mol. The fourth-order valence-electron chi connectivity index (χ4n) is 2.48. The molecule has 2 aromatic rings. The zero-order valence-corrected chi connectivity index (χ0v) is 15.1. The third-order valence-corrected chi connectivity index (χ3v) is 6.21. The SMILES string of the molecule is COc1ccc2c(c1)C(Cl)(Cl)C(=O)N2S(=O)(=O)c1ccc(C)cc1. The number of aryl methyl sites for hydroxylation is 1. The summed E-state index contributed by atoms with van der Waals surface area (Å²) in [5, 5.41) is 0. The molecule has 0 unspecified atom stereocenters. The number of halogens is 2. The van der Waals surface area contributed by atoms with Crippen molar-refractivity contribution in [3.63, 3.8) is 0 Å². The van der Waals surface area contributed by atoms with E-state index in [1.807, 2.05) is 6.92 Å². The summed E-state index contributed by atoms with van der Waals surface area (Å²) in [4.78, 5) is 12.6. The number of hydrogen-bond acceptors (Lipinski definition) is 4. The molecular formula is C16H13Cl2NO4S. The molecule has 0 aliphatic carbocycles. The Balaban J connectivity index is 2.19. The molecule has 0 atom stereocenters. The number of nitrogens with zero attached hydrogens (tertiary/aromatic N) is 1. The van der Waals surface area contributed by atoms with E-state index < -0.39 is 20.3 Å². The maximum Gasteiger partial charge on any atom is 0.282 e. The number of hydrogen-bond donors (Lipinski definition) is 0. The van der Waals surface area contributed by atoms with E-state index in [0.29, 0.717) is 10.1 Å². The van der Waals surface area contributed by atoms with Gasteiger partial charge in [0.05, 0.1) is 17.7 Å². The predicted molar refractivity (Wildman–Crippen MR) is 92.2 cm³/mol. The van der Waals surface area contributed by atoms with E-state index in [0.717, 1.165) is 5.56 Å². The summed E-state index contributed by atoms with van der Waals surface area (Å²) in [7, 11) is -2.69. The van der Waals surface area contributed by atoms with Crippen LogP contribution >= 0.6 is 23.2 Å². The Labute approximate surface area is 149 Å². The highest BCUT2D eigenvalue weighted by Gasteiger charge is 2.53. The minimum Gasteiger partial charge on any atom is -0.497 e. The quantitative estimate of drug-likeness (QED) is 0.759. The third kappa shape index (κ3) is 2.46. The molecule has 0 bridgehead atoms. The second kappa shape index (κ2) is 5.65. The molecule has 1 aliphatic heterocycles. The summed E-state index contributed by atoms with van der Waals surface area (Å²) < 4.78 is 29.6. The first kappa shape index (κ1) is 17.1. The lowest BCUT2D eigenvalue weighted by Gasteiger charge is -2.18. The van der Waals surface area contributed by atoms with Crippen LogP contribution in [0.2, 0.25) is 0 Å². The molecule has 1 amide bonds. The number of methoxy groups -OCH3 is 1. The molecule has 0 saturated heterocycles. The Hall–Kier alpha value is -1.76. The summed E-state index contributed by atoms with van der Waals surface area (Å²) in [5.41, 5.74) is 1.19. The number of carbonyl (C=O) groups is 1. The molecule has 1 heterocycles. The van der Waals surface area contributed by atoms with Gasteiger partial charge in [-0.1, -0.05) is 40.9 Å². The van der Waals surface area contributed by atoms with E-state index in [9.17, 15) is 13.2 Å². The number of carbonyl (C=O) groups excluding carboxylic acids is 1. The van der Waals surface area contributed by atoms with Crippen LogP contribution in [0.15, 0.2) is 47.4 Å². The second-order valence-electron chi connectivity index (χ2n) is 5.35. The second-order valence-corrected chi connectivity index (χ2v) is 8.46. The number of alkyl halides is 2. The minimum atomic E-state index is -4.13. The van der Waals surface area contributed by atoms with Crippen molar-refractivity contribution < 1.29 is 17.9 Å². The smallest absolute Gasteiger partial charge is 0.282 e. The molecule has 0 spiro atoms. The number of sulfonamides is 1. The standard InChI is InChI=1S/C16H13Cl2NO4S/c1-10-3-6-12(7-4-10)24(21,22)19-14-8-5-11(23-2)9-13(14)16(17,18)15(19)20/h3-9H,1-2H3. The molecule has 0 radical (unpaired) electrons. The number of amides is 1. The minimum absolute atomic E-state index is 0.0192. The average Bonchev–Trinajstić information content (AvgIpc) is 2.75. The zero-order chi connectivity index (χ0) is 17.7. The lowest BCUT2D eigenvalue weighted by atomic mass is 10.1. The monoisotopic (exact) mass is 385 g/mol. The van der Waals surface area contributed by atoms with Crippen LogP contribution in [0, 0.1) is 6.92 Å². The van der Waals surface area contributed by atoms with Crippen molar-refractivity contribution >= 4 is 44.8 Å². The van der Waals surface area contributed by atoms with E-state index in [1.54, 1.807) is 18.2 Å². The van der Waals surface area contributed by atoms with Gasteiger partial charge in [0.1, 0.15) is 5.75 Å². The van der Waals surface area contributed by atoms with Gasteiger partial charge in [-0.25, -0.2) is 8.42 Å². The fourth-order valence-corrected chi connectivity index (χ4v) is 4.51. The lowest BCUT2D eigenvalue weighted by molar-refractivity contribution is -0.117. The van der Waals surface area contributed by atoms with Crippen LogP contribution in [0.5, 0.6) is 5.75 Å². The van der Waals surface area contributed by atoms with Gasteiger partial charge in [0.2, 0.25) is 4.33 Å². The molecule has 3 rings (SSSR count). The van der Waals surface area contributed by atoms with Gasteiger partial charge in [-0.15, -0.1) is 0 Å². The Morgan fingerprint density at radius 3 is 2.29 bits per heavy atom. The highest BCUT2D eigenvalue weighted by Crippen LogP contribution is 2.50. The van der Waals surface area contributed by atoms with Crippen LogP contribution in [0.25, 0.3) is 0 Å². The van der Waals surface area contributed by atoms with Gasteiger partial charge in [0.15, 0.2) is 0 Å². The fraction of sp³-hybridized carbons (Fsp3) is 0.188. The molecule has 126 valence electrons. The predicted octanol–water partition coefficient (Wildman–Crippen LogP) is 3.37. The van der Waals surface area contributed by atoms with Gasteiger partial charge >= 0.3 is 0 Å². The Kier molecular flexibility index (Phi) is 4.02. The number of fused-ring (bicyclic) bond motifs is 1. The lowest BCUT2D eigenvalue weighted by Crippen LogP contribution is -2.38. The van der Waals surface area contributed by atoms with Gasteiger partial charge < -0.3 is 4.74 Å². The molecule has 8 heteroatoms. The van der Waals surface area contributed by atoms with Crippen molar-refractivity contribution in [3.05, 3.63) is 53.6 Å². The average molecular weight is 386 g/mol. The molecule has 0 aromatic heterocycles. The van der Waals surface area contributed by atoms with Gasteiger partial charge in [-0.3, -0.25) is 4.79 Å². The van der Waals surface area contributed by atoms with Crippen molar-refractivity contribution in [1.29, 1.82) is 0 Å². The Bertz CT molecular complexity index is 924. The van der Waals surface area contributed by atoms with Gasteiger partial charge in [-0.05, 0) is 37.3 Å². The molecule has 5 nitrogen and oxygen atoms in total. The number of anilines is 1. The summed E-state index contributed by atoms with van der Waals surface area (Å²) in [6.07, 6.45) is 0. The van der Waals surface area contributed by atoms with Gasteiger partial charge in [0, 0.05) is 5.56 Å². The maximum absolute atomic E-state index is 12.9. The first-order valence-electron chi connectivity index (χ1n) is 6.92. The van der Waals surface area contributed by atoms with E-state index >= 15 is 0 Å². The maximum atomic E-state index is 12.9. The molecule has 0 fully saturated rings. The number of benzene rings is 2. The molecule has 0 N–H and O–H groups in total. The van der Waals surface area contributed by atoms with Gasteiger partial charge in [-0.2, -0.15) is 4.31 Å². The van der Waals surface area contributed by atoms with Crippen LogP contribution < -0.4 is 9.04 Å². The van der Waals surface area contributed by atoms with Crippen molar-refractivity contribution in [2.45, 2.75) is 16.2 Å². The topological polar surface area (TPSA) is 63.7 Å². The van der Waals surface area contributed by atoms with Crippen molar-refractivity contribution in [2.24, 2.45) is 0 Å². The Morgan fingerprint density at radius 1 is 1.08 bits per heavy atom. The number of rotatable bonds is 3. The first-order chi connectivity index (χ1) is 11.2. The molecule has 1 aliphatic rings. The van der Waals surface area contributed by atoms with Crippen LogP contribution in [0.3, 0.4) is 0 Å². The normalized spacial score (nSPS) is 16.2. The van der Waals surface area contributed by atoms with E-state index in [1.165, 1.54) is 31.4 Å². The molecule has 2 aromatic carbocycles. The van der Waals surface area contributed by atoms with E-state index in [-0.39, 0.29) is 16.1 Å². The van der Waals surface area contributed by atoms with Crippen LogP contribution in [0.1, 0.15) is 11.1 Å². The molecule has 0 saturated carbocycles. The summed E-state index contributed by atoms with van der Waals surface area (Å²) in [5.74, 6) is -0.517. The third-order valence-electron chi connectivity index (χ3n) is 3.77. The van der Waals surface area contributed by atoms with E-state index in [2.05, 4.69) is 0 Å².